The average molecular weight is 303 g/mol. The highest BCUT2D eigenvalue weighted by Gasteiger charge is 2.09. The number of ether oxygens (including phenoxy) is 1. The Labute approximate surface area is 131 Å². The van der Waals surface area contributed by atoms with Gasteiger partial charge < -0.3 is 20.3 Å². The van der Waals surface area contributed by atoms with E-state index in [1.807, 2.05) is 6.92 Å². The summed E-state index contributed by atoms with van der Waals surface area (Å²) in [5.41, 5.74) is 0. The standard InChI is InChI=1S/C17H37NO3/c1-4-6-9-16(5-2)13-21-14-17(20)11-18-10-7-8-15(3)12-19/h15-20H,4-14H2,1-3H3. The predicted octanol–water partition coefficient (Wildman–Crippen LogP) is 2.58. The summed E-state index contributed by atoms with van der Waals surface area (Å²) >= 11 is 0. The number of hydrogen-bond acceptors (Lipinski definition) is 4. The summed E-state index contributed by atoms with van der Waals surface area (Å²) < 4.78 is 5.64. The van der Waals surface area contributed by atoms with E-state index >= 15 is 0 Å². The van der Waals surface area contributed by atoms with Crippen molar-refractivity contribution in [1.82, 2.24) is 5.32 Å². The van der Waals surface area contributed by atoms with Gasteiger partial charge in [0.05, 0.1) is 12.7 Å². The Morgan fingerprint density at radius 2 is 1.86 bits per heavy atom. The maximum Gasteiger partial charge on any atom is 0.0897 e. The third kappa shape index (κ3) is 13.2. The topological polar surface area (TPSA) is 61.7 Å². The van der Waals surface area contributed by atoms with Crippen molar-refractivity contribution in [2.45, 2.75) is 65.4 Å². The van der Waals surface area contributed by atoms with E-state index in [4.69, 9.17) is 9.84 Å². The van der Waals surface area contributed by atoms with E-state index in [0.29, 0.717) is 25.0 Å². The lowest BCUT2D eigenvalue weighted by Gasteiger charge is -2.17. The van der Waals surface area contributed by atoms with Gasteiger partial charge in [-0.1, -0.05) is 40.0 Å². The Hall–Kier alpha value is -0.160. The van der Waals surface area contributed by atoms with Gasteiger partial charge in [0.15, 0.2) is 0 Å². The van der Waals surface area contributed by atoms with Gasteiger partial charge in [0, 0.05) is 19.8 Å². The van der Waals surface area contributed by atoms with Crippen molar-refractivity contribution in [1.29, 1.82) is 0 Å². The molecule has 0 aliphatic heterocycles. The largest absolute Gasteiger partial charge is 0.396 e. The van der Waals surface area contributed by atoms with Crippen LogP contribution in [0.1, 0.15) is 59.3 Å². The quantitative estimate of drug-likeness (QED) is 0.407. The average Bonchev–Trinajstić information content (AvgIpc) is 2.49. The Bertz CT molecular complexity index is 214. The smallest absolute Gasteiger partial charge is 0.0897 e. The number of rotatable bonds is 15. The van der Waals surface area contributed by atoms with Crippen LogP contribution in [0.4, 0.5) is 0 Å². The first kappa shape index (κ1) is 20.8. The van der Waals surface area contributed by atoms with Crippen molar-refractivity contribution in [3.8, 4) is 0 Å². The van der Waals surface area contributed by atoms with E-state index < -0.39 is 6.10 Å². The fraction of sp³-hybridized carbons (Fsp3) is 1.00. The highest BCUT2D eigenvalue weighted by molar-refractivity contribution is 4.61. The second-order valence-corrected chi connectivity index (χ2v) is 6.24. The molecule has 0 fully saturated rings. The summed E-state index contributed by atoms with van der Waals surface area (Å²) in [6.07, 6.45) is 6.50. The molecular weight excluding hydrogens is 266 g/mol. The summed E-state index contributed by atoms with van der Waals surface area (Å²) in [7, 11) is 0. The Balaban J connectivity index is 3.46. The van der Waals surface area contributed by atoms with E-state index in [9.17, 15) is 5.11 Å². The zero-order chi connectivity index (χ0) is 15.9. The van der Waals surface area contributed by atoms with Gasteiger partial charge in [-0.2, -0.15) is 0 Å². The second-order valence-electron chi connectivity index (χ2n) is 6.24. The summed E-state index contributed by atoms with van der Waals surface area (Å²) in [5.74, 6) is 0.999. The zero-order valence-corrected chi connectivity index (χ0v) is 14.3. The molecule has 21 heavy (non-hydrogen) atoms. The van der Waals surface area contributed by atoms with Gasteiger partial charge >= 0.3 is 0 Å². The van der Waals surface area contributed by atoms with Crippen LogP contribution in [0.5, 0.6) is 0 Å². The molecule has 0 aliphatic rings. The van der Waals surface area contributed by atoms with Crippen LogP contribution in [0.15, 0.2) is 0 Å². The fourth-order valence-corrected chi connectivity index (χ4v) is 2.26. The highest BCUT2D eigenvalue weighted by atomic mass is 16.5. The summed E-state index contributed by atoms with van der Waals surface area (Å²) in [6.45, 7) is 9.37. The molecule has 4 heteroatoms. The molecule has 128 valence electrons. The Kier molecular flexibility index (Phi) is 14.7. The molecular formula is C17H37NO3. The van der Waals surface area contributed by atoms with Crippen LogP contribution in [-0.4, -0.2) is 49.2 Å². The lowest BCUT2D eigenvalue weighted by Crippen LogP contribution is -2.31. The van der Waals surface area contributed by atoms with Gasteiger partial charge in [0.25, 0.3) is 0 Å². The molecule has 0 saturated heterocycles. The molecule has 0 aromatic heterocycles. The number of aliphatic hydroxyl groups excluding tert-OH is 2. The monoisotopic (exact) mass is 303 g/mol. The summed E-state index contributed by atoms with van der Waals surface area (Å²) in [5, 5.41) is 22.0. The van der Waals surface area contributed by atoms with Crippen molar-refractivity contribution in [2.24, 2.45) is 11.8 Å². The lowest BCUT2D eigenvalue weighted by molar-refractivity contribution is 0.0194. The predicted molar refractivity (Wildman–Crippen MR) is 88.5 cm³/mol. The van der Waals surface area contributed by atoms with E-state index in [-0.39, 0.29) is 6.61 Å². The molecule has 0 saturated carbocycles. The van der Waals surface area contributed by atoms with Gasteiger partial charge in [-0.3, -0.25) is 0 Å². The van der Waals surface area contributed by atoms with Crippen LogP contribution >= 0.6 is 0 Å². The third-order valence-electron chi connectivity index (χ3n) is 3.95. The summed E-state index contributed by atoms with van der Waals surface area (Å²) in [4.78, 5) is 0. The minimum Gasteiger partial charge on any atom is -0.396 e. The Morgan fingerprint density at radius 3 is 2.48 bits per heavy atom. The molecule has 0 rings (SSSR count). The number of hydrogen-bond donors (Lipinski definition) is 3. The molecule has 3 N–H and O–H groups in total. The fourth-order valence-electron chi connectivity index (χ4n) is 2.26. The van der Waals surface area contributed by atoms with Crippen molar-refractivity contribution >= 4 is 0 Å². The maximum atomic E-state index is 9.84. The summed E-state index contributed by atoms with van der Waals surface area (Å²) in [6, 6.07) is 0. The van der Waals surface area contributed by atoms with Crippen LogP contribution in [0, 0.1) is 11.8 Å². The molecule has 0 spiro atoms. The first-order chi connectivity index (χ1) is 10.1. The molecule has 0 amide bonds. The minimum atomic E-state index is -0.427. The van der Waals surface area contributed by atoms with Gasteiger partial charge in [0.1, 0.15) is 0 Å². The van der Waals surface area contributed by atoms with Crippen LogP contribution in [0.25, 0.3) is 0 Å². The van der Waals surface area contributed by atoms with E-state index in [0.717, 1.165) is 32.4 Å². The zero-order valence-electron chi connectivity index (χ0n) is 14.3. The first-order valence-corrected chi connectivity index (χ1v) is 8.71. The molecule has 0 aromatic carbocycles. The number of nitrogens with one attached hydrogen (secondary N) is 1. The molecule has 3 unspecified atom stereocenters. The Morgan fingerprint density at radius 1 is 1.10 bits per heavy atom. The van der Waals surface area contributed by atoms with Crippen molar-refractivity contribution in [3.63, 3.8) is 0 Å². The van der Waals surface area contributed by atoms with Crippen molar-refractivity contribution < 1.29 is 14.9 Å². The second kappa shape index (κ2) is 14.8. The van der Waals surface area contributed by atoms with Crippen LogP contribution < -0.4 is 5.32 Å². The normalized spacial score (nSPS) is 15.9. The molecule has 3 atom stereocenters. The minimum absolute atomic E-state index is 0.257. The lowest BCUT2D eigenvalue weighted by atomic mass is 10.0. The third-order valence-corrected chi connectivity index (χ3v) is 3.95. The van der Waals surface area contributed by atoms with Crippen LogP contribution in [0.2, 0.25) is 0 Å². The van der Waals surface area contributed by atoms with Gasteiger partial charge in [-0.15, -0.1) is 0 Å². The molecule has 0 heterocycles. The maximum absolute atomic E-state index is 9.84. The van der Waals surface area contributed by atoms with Gasteiger partial charge in [-0.05, 0) is 37.6 Å². The molecule has 0 aromatic rings. The van der Waals surface area contributed by atoms with Gasteiger partial charge in [0.2, 0.25) is 0 Å². The highest BCUT2D eigenvalue weighted by Crippen LogP contribution is 2.12. The van der Waals surface area contributed by atoms with Crippen LogP contribution in [0.3, 0.4) is 0 Å². The number of aliphatic hydroxyl groups is 2. The SMILES string of the molecule is CCCCC(CC)COCC(O)CNCCCC(C)CO. The van der Waals surface area contributed by atoms with E-state index in [1.165, 1.54) is 19.3 Å². The van der Waals surface area contributed by atoms with E-state index in [1.54, 1.807) is 0 Å². The first-order valence-electron chi connectivity index (χ1n) is 8.71. The number of unbranched alkanes of at least 4 members (excludes halogenated alkanes) is 1. The molecule has 0 radical (unpaired) electrons. The molecule has 0 aliphatic carbocycles. The molecule has 0 bridgehead atoms. The van der Waals surface area contributed by atoms with Crippen molar-refractivity contribution in [3.05, 3.63) is 0 Å². The molecule has 4 nitrogen and oxygen atoms in total. The van der Waals surface area contributed by atoms with E-state index in [2.05, 4.69) is 19.2 Å². The van der Waals surface area contributed by atoms with Gasteiger partial charge in [-0.25, -0.2) is 0 Å². The van der Waals surface area contributed by atoms with Crippen LogP contribution in [-0.2, 0) is 4.74 Å². The van der Waals surface area contributed by atoms with Crippen molar-refractivity contribution in [2.75, 3.05) is 32.9 Å².